The van der Waals surface area contributed by atoms with E-state index in [0.29, 0.717) is 12.8 Å². The van der Waals surface area contributed by atoms with Crippen LogP contribution < -0.4 is 5.32 Å². The van der Waals surface area contributed by atoms with Gasteiger partial charge in [0, 0.05) is 5.38 Å². The summed E-state index contributed by atoms with van der Waals surface area (Å²) < 4.78 is 38.1. The van der Waals surface area contributed by atoms with E-state index in [1.165, 1.54) is 0 Å². The normalized spacial score (nSPS) is 29.0. The topological polar surface area (TPSA) is 79.3 Å². The van der Waals surface area contributed by atoms with E-state index in [2.05, 4.69) is 10.3 Å². The zero-order chi connectivity index (χ0) is 18.4. The zero-order valence-corrected chi connectivity index (χ0v) is 14.1. The number of carboxylic acid groups (broad SMARTS) is 1. The minimum absolute atomic E-state index is 0.134. The number of hydrogen-bond acceptors (Lipinski definition) is 4. The van der Waals surface area contributed by atoms with Crippen LogP contribution in [0.15, 0.2) is 17.5 Å². The van der Waals surface area contributed by atoms with Gasteiger partial charge in [-0.25, -0.2) is 4.98 Å². The highest BCUT2D eigenvalue weighted by Crippen LogP contribution is 2.48. The van der Waals surface area contributed by atoms with Crippen molar-refractivity contribution in [3.8, 4) is 0 Å². The van der Waals surface area contributed by atoms with Crippen molar-refractivity contribution in [1.29, 1.82) is 0 Å². The molecule has 0 aliphatic heterocycles. The predicted molar refractivity (Wildman–Crippen MR) is 83.6 cm³/mol. The molecule has 9 heteroatoms. The maximum Gasteiger partial charge on any atom is 0.434 e. The minimum Gasteiger partial charge on any atom is -0.481 e. The van der Waals surface area contributed by atoms with Gasteiger partial charge in [0.2, 0.25) is 5.91 Å². The largest absolute Gasteiger partial charge is 0.481 e. The summed E-state index contributed by atoms with van der Waals surface area (Å²) in [7, 11) is 0. The lowest BCUT2D eigenvalue weighted by atomic mass is 9.82. The van der Waals surface area contributed by atoms with Crippen molar-refractivity contribution in [2.45, 2.75) is 32.0 Å². The highest BCUT2D eigenvalue weighted by atomic mass is 32.1. The van der Waals surface area contributed by atoms with Crippen LogP contribution in [0.1, 0.15) is 36.5 Å². The molecule has 5 unspecified atom stereocenters. The highest BCUT2D eigenvalue weighted by Gasteiger charge is 2.51. The van der Waals surface area contributed by atoms with Crippen LogP contribution in [0, 0.1) is 23.7 Å². The first-order chi connectivity index (χ1) is 11.7. The van der Waals surface area contributed by atoms with Gasteiger partial charge in [0.25, 0.3) is 0 Å². The summed E-state index contributed by atoms with van der Waals surface area (Å²) in [6, 6.07) is -0.661. The van der Waals surface area contributed by atoms with E-state index in [1.807, 2.05) is 12.2 Å². The molecule has 136 valence electrons. The first-order valence-corrected chi connectivity index (χ1v) is 8.84. The highest BCUT2D eigenvalue weighted by molar-refractivity contribution is 7.09. The van der Waals surface area contributed by atoms with Crippen molar-refractivity contribution in [2.24, 2.45) is 23.7 Å². The number of carbonyl (C=O) groups is 2. The van der Waals surface area contributed by atoms with Crippen LogP contribution in [0.5, 0.6) is 0 Å². The van der Waals surface area contributed by atoms with Gasteiger partial charge in [0.15, 0.2) is 5.69 Å². The Balaban J connectivity index is 1.76. The maximum absolute atomic E-state index is 12.7. The average Bonchev–Trinajstić information content (AvgIpc) is 3.25. The minimum atomic E-state index is -4.53. The Morgan fingerprint density at radius 2 is 2.00 bits per heavy atom. The lowest BCUT2D eigenvalue weighted by Crippen LogP contribution is -2.41. The van der Waals surface area contributed by atoms with Crippen LogP contribution in [0.4, 0.5) is 13.2 Å². The molecule has 0 radical (unpaired) electrons. The summed E-state index contributed by atoms with van der Waals surface area (Å²) in [5, 5.41) is 13.2. The number of carbonyl (C=O) groups excluding carboxylic acids is 1. The fourth-order valence-corrected chi connectivity index (χ4v) is 4.66. The van der Waals surface area contributed by atoms with Crippen LogP contribution in [-0.2, 0) is 15.8 Å². The molecule has 1 fully saturated rings. The second-order valence-electron chi connectivity index (χ2n) is 6.38. The molecule has 3 rings (SSSR count). The van der Waals surface area contributed by atoms with Gasteiger partial charge < -0.3 is 10.4 Å². The van der Waals surface area contributed by atoms with Gasteiger partial charge in [-0.1, -0.05) is 19.1 Å². The molecular formula is C16H17F3N2O3S. The molecule has 1 amide bonds. The molecule has 0 saturated heterocycles. The number of rotatable bonds is 5. The molecule has 5 atom stereocenters. The van der Waals surface area contributed by atoms with Gasteiger partial charge in [-0.05, 0) is 24.7 Å². The summed E-state index contributed by atoms with van der Waals surface area (Å²) in [5.74, 6) is -3.21. The second-order valence-corrected chi connectivity index (χ2v) is 7.27. The molecule has 2 aliphatic carbocycles. The van der Waals surface area contributed by atoms with E-state index in [4.69, 9.17) is 0 Å². The number of thiazole rings is 1. The number of halogens is 3. The van der Waals surface area contributed by atoms with Crippen molar-refractivity contribution in [3.63, 3.8) is 0 Å². The lowest BCUT2D eigenvalue weighted by Gasteiger charge is -2.26. The number of nitrogens with zero attached hydrogens (tertiary/aromatic N) is 1. The third-order valence-corrected chi connectivity index (χ3v) is 5.84. The molecule has 1 heterocycles. The fraction of sp³-hybridized carbons (Fsp3) is 0.562. The smallest absolute Gasteiger partial charge is 0.434 e. The number of aromatic nitrogens is 1. The summed E-state index contributed by atoms with van der Waals surface area (Å²) in [6.07, 6.45) is 0.161. The SMILES string of the molecule is CCC(NC(=O)C1C2C=CC(C2)C1C(=O)O)c1nc(C(F)(F)F)cs1. The van der Waals surface area contributed by atoms with Crippen molar-refractivity contribution < 1.29 is 27.9 Å². The lowest BCUT2D eigenvalue weighted by molar-refractivity contribution is -0.148. The van der Waals surface area contributed by atoms with Crippen molar-refractivity contribution in [2.75, 3.05) is 0 Å². The van der Waals surface area contributed by atoms with E-state index >= 15 is 0 Å². The van der Waals surface area contributed by atoms with Crippen LogP contribution in [0.25, 0.3) is 0 Å². The van der Waals surface area contributed by atoms with Crippen LogP contribution in [0.2, 0.25) is 0 Å². The van der Waals surface area contributed by atoms with Crippen molar-refractivity contribution >= 4 is 23.2 Å². The molecule has 5 nitrogen and oxygen atoms in total. The number of hydrogen-bond donors (Lipinski definition) is 2. The number of allylic oxidation sites excluding steroid dienone is 2. The Kier molecular flexibility index (Phi) is 4.61. The summed E-state index contributed by atoms with van der Waals surface area (Å²) in [5.41, 5.74) is -0.980. The van der Waals surface area contributed by atoms with Gasteiger partial charge in [0.1, 0.15) is 5.01 Å². The number of carboxylic acids is 1. The molecule has 2 bridgehead atoms. The zero-order valence-electron chi connectivity index (χ0n) is 13.3. The van der Waals surface area contributed by atoms with Crippen molar-refractivity contribution in [1.82, 2.24) is 10.3 Å². The van der Waals surface area contributed by atoms with Gasteiger partial charge in [0.05, 0.1) is 17.9 Å². The quantitative estimate of drug-likeness (QED) is 0.776. The number of alkyl halides is 3. The van der Waals surface area contributed by atoms with E-state index in [-0.39, 0.29) is 16.8 Å². The number of nitrogens with one attached hydrogen (secondary N) is 1. The first kappa shape index (κ1) is 17.9. The van der Waals surface area contributed by atoms with E-state index in [1.54, 1.807) is 6.92 Å². The standard InChI is InChI=1S/C16H17F3N2O3S/c1-2-9(14-21-10(6-25-14)16(17,18)19)20-13(22)11-7-3-4-8(5-7)12(11)15(23)24/h3-4,6-9,11-12H,2,5H2,1H3,(H,20,22)(H,23,24). The van der Waals surface area contributed by atoms with Crippen LogP contribution in [0.3, 0.4) is 0 Å². The van der Waals surface area contributed by atoms with Gasteiger partial charge in [-0.3, -0.25) is 9.59 Å². The fourth-order valence-electron chi connectivity index (χ4n) is 3.70. The molecule has 25 heavy (non-hydrogen) atoms. The number of amides is 1. The Hall–Kier alpha value is -1.90. The Morgan fingerprint density at radius 1 is 1.36 bits per heavy atom. The van der Waals surface area contributed by atoms with Crippen LogP contribution >= 0.6 is 11.3 Å². The summed E-state index contributed by atoms with van der Waals surface area (Å²) in [6.45, 7) is 1.73. The van der Waals surface area contributed by atoms with Crippen molar-refractivity contribution in [3.05, 3.63) is 28.2 Å². The molecule has 1 saturated carbocycles. The summed E-state index contributed by atoms with van der Waals surface area (Å²) in [4.78, 5) is 27.7. The predicted octanol–water partition coefficient (Wildman–Crippen LogP) is 3.25. The molecule has 2 aliphatic rings. The first-order valence-electron chi connectivity index (χ1n) is 7.96. The third kappa shape index (κ3) is 3.29. The van der Waals surface area contributed by atoms with E-state index in [0.717, 1.165) is 16.7 Å². The van der Waals surface area contributed by atoms with Gasteiger partial charge in [-0.2, -0.15) is 13.2 Å². The molecule has 0 aromatic carbocycles. The Morgan fingerprint density at radius 3 is 2.52 bits per heavy atom. The average molecular weight is 374 g/mol. The van der Waals surface area contributed by atoms with E-state index < -0.39 is 41.6 Å². The third-order valence-electron chi connectivity index (χ3n) is 4.88. The summed E-state index contributed by atoms with van der Waals surface area (Å²) >= 11 is 0.840. The number of aliphatic carboxylic acids is 1. The molecule has 2 N–H and O–H groups in total. The van der Waals surface area contributed by atoms with E-state index in [9.17, 15) is 27.9 Å². The maximum atomic E-state index is 12.7. The molecular weight excluding hydrogens is 357 g/mol. The van der Waals surface area contributed by atoms with Gasteiger partial charge >= 0.3 is 12.1 Å². The number of fused-ring (bicyclic) bond motifs is 2. The Labute approximate surface area is 145 Å². The van der Waals surface area contributed by atoms with Crippen LogP contribution in [-0.4, -0.2) is 22.0 Å². The molecule has 1 aromatic heterocycles. The Bertz CT molecular complexity index is 716. The van der Waals surface area contributed by atoms with Gasteiger partial charge in [-0.15, -0.1) is 11.3 Å². The monoisotopic (exact) mass is 374 g/mol. The second kappa shape index (κ2) is 6.44. The molecule has 1 aromatic rings. The molecule has 0 spiro atoms.